The van der Waals surface area contributed by atoms with E-state index in [4.69, 9.17) is 0 Å². The lowest BCUT2D eigenvalue weighted by molar-refractivity contribution is 0.668. The molecule has 1 aromatic carbocycles. The lowest BCUT2D eigenvalue weighted by Gasteiger charge is -2.27. The summed E-state index contributed by atoms with van der Waals surface area (Å²) < 4.78 is 1.17. The predicted octanol–water partition coefficient (Wildman–Crippen LogP) is 4.97. The van der Waals surface area contributed by atoms with Crippen molar-refractivity contribution in [1.29, 1.82) is 0 Å². The summed E-state index contributed by atoms with van der Waals surface area (Å²) in [5, 5.41) is 3.45. The minimum absolute atomic E-state index is 0.952. The van der Waals surface area contributed by atoms with Crippen molar-refractivity contribution in [3.63, 3.8) is 0 Å². The standard InChI is InChI=1S/C17H29BrN2/c1-4-7-11-20(12-8-5-2)17-13-16(18)10-9-15(17)14-19-6-3/h9-10,13,19H,4-8,11-12,14H2,1-3H3. The second kappa shape index (κ2) is 10.2. The highest BCUT2D eigenvalue weighted by Gasteiger charge is 2.11. The first-order chi connectivity index (χ1) is 9.72. The van der Waals surface area contributed by atoms with Crippen LogP contribution in [0.15, 0.2) is 22.7 Å². The molecule has 0 radical (unpaired) electrons. The van der Waals surface area contributed by atoms with Crippen molar-refractivity contribution in [2.24, 2.45) is 0 Å². The Hall–Kier alpha value is -0.540. The van der Waals surface area contributed by atoms with Gasteiger partial charge in [-0.1, -0.05) is 55.6 Å². The van der Waals surface area contributed by atoms with Gasteiger partial charge in [0.25, 0.3) is 0 Å². The fourth-order valence-corrected chi connectivity index (χ4v) is 2.64. The van der Waals surface area contributed by atoms with Crippen molar-refractivity contribution in [2.75, 3.05) is 24.5 Å². The van der Waals surface area contributed by atoms with E-state index >= 15 is 0 Å². The number of anilines is 1. The smallest absolute Gasteiger partial charge is 0.0423 e. The first kappa shape index (κ1) is 17.5. The monoisotopic (exact) mass is 340 g/mol. The molecule has 0 spiro atoms. The Bertz CT molecular complexity index is 371. The van der Waals surface area contributed by atoms with E-state index < -0.39 is 0 Å². The Morgan fingerprint density at radius 2 is 1.70 bits per heavy atom. The number of hydrogen-bond donors (Lipinski definition) is 1. The second-order valence-corrected chi connectivity index (χ2v) is 6.16. The molecule has 1 aromatic rings. The number of benzene rings is 1. The quantitative estimate of drug-likeness (QED) is 0.647. The zero-order chi connectivity index (χ0) is 14.8. The third-order valence-electron chi connectivity index (χ3n) is 3.52. The summed E-state index contributed by atoms with van der Waals surface area (Å²) >= 11 is 3.62. The zero-order valence-corrected chi connectivity index (χ0v) is 14.8. The number of halogens is 1. The summed E-state index contributed by atoms with van der Waals surface area (Å²) in [5.41, 5.74) is 2.80. The Morgan fingerprint density at radius 3 is 2.25 bits per heavy atom. The molecule has 1 N–H and O–H groups in total. The summed E-state index contributed by atoms with van der Waals surface area (Å²) in [7, 11) is 0. The molecule has 0 saturated carbocycles. The third-order valence-corrected chi connectivity index (χ3v) is 4.01. The van der Waals surface area contributed by atoms with Crippen LogP contribution in [-0.4, -0.2) is 19.6 Å². The number of rotatable bonds is 10. The van der Waals surface area contributed by atoms with Crippen LogP contribution in [-0.2, 0) is 6.54 Å². The van der Waals surface area contributed by atoms with Crippen molar-refractivity contribution < 1.29 is 0 Å². The molecular formula is C17H29BrN2. The molecule has 20 heavy (non-hydrogen) atoms. The van der Waals surface area contributed by atoms with Crippen LogP contribution in [0.1, 0.15) is 52.0 Å². The van der Waals surface area contributed by atoms with E-state index in [1.165, 1.54) is 41.4 Å². The van der Waals surface area contributed by atoms with Gasteiger partial charge in [-0.25, -0.2) is 0 Å². The highest BCUT2D eigenvalue weighted by molar-refractivity contribution is 9.10. The van der Waals surface area contributed by atoms with Gasteiger partial charge in [0, 0.05) is 29.8 Å². The molecule has 0 aliphatic carbocycles. The van der Waals surface area contributed by atoms with Gasteiger partial charge in [-0.3, -0.25) is 0 Å². The third kappa shape index (κ3) is 5.84. The summed E-state index contributed by atoms with van der Waals surface area (Å²) in [6.07, 6.45) is 5.02. The molecule has 1 rings (SSSR count). The minimum Gasteiger partial charge on any atom is -0.371 e. The Kier molecular flexibility index (Phi) is 8.95. The van der Waals surface area contributed by atoms with E-state index in [1.807, 2.05) is 0 Å². The molecule has 0 aliphatic rings. The average Bonchev–Trinajstić information content (AvgIpc) is 2.46. The molecule has 0 atom stereocenters. The Labute approximate surface area is 133 Å². The summed E-state index contributed by atoms with van der Waals surface area (Å²) in [5.74, 6) is 0. The number of hydrogen-bond acceptors (Lipinski definition) is 2. The molecule has 2 nitrogen and oxygen atoms in total. The van der Waals surface area contributed by atoms with Crippen molar-refractivity contribution in [3.8, 4) is 0 Å². The molecule has 0 unspecified atom stereocenters. The van der Waals surface area contributed by atoms with E-state index in [2.05, 4.69) is 65.1 Å². The van der Waals surface area contributed by atoms with Crippen molar-refractivity contribution >= 4 is 21.6 Å². The van der Waals surface area contributed by atoms with Gasteiger partial charge in [0.2, 0.25) is 0 Å². The maximum Gasteiger partial charge on any atom is 0.0423 e. The minimum atomic E-state index is 0.952. The fourth-order valence-electron chi connectivity index (χ4n) is 2.29. The van der Waals surface area contributed by atoms with E-state index in [1.54, 1.807) is 0 Å². The van der Waals surface area contributed by atoms with Crippen LogP contribution in [0.25, 0.3) is 0 Å². The van der Waals surface area contributed by atoms with E-state index in [-0.39, 0.29) is 0 Å². The van der Waals surface area contributed by atoms with Crippen LogP contribution in [0.3, 0.4) is 0 Å². The lowest BCUT2D eigenvalue weighted by Crippen LogP contribution is -2.27. The van der Waals surface area contributed by atoms with Crippen LogP contribution in [0.4, 0.5) is 5.69 Å². The maximum atomic E-state index is 3.62. The second-order valence-electron chi connectivity index (χ2n) is 5.25. The van der Waals surface area contributed by atoms with Gasteiger partial charge in [-0.05, 0) is 37.1 Å². The van der Waals surface area contributed by atoms with Gasteiger partial charge in [-0.2, -0.15) is 0 Å². The van der Waals surface area contributed by atoms with E-state index in [0.717, 1.165) is 26.2 Å². The van der Waals surface area contributed by atoms with Crippen molar-refractivity contribution in [3.05, 3.63) is 28.2 Å². The summed E-state index contributed by atoms with van der Waals surface area (Å²) in [6, 6.07) is 6.67. The molecule has 0 bridgehead atoms. The van der Waals surface area contributed by atoms with Crippen LogP contribution in [0.5, 0.6) is 0 Å². The van der Waals surface area contributed by atoms with E-state index in [0.29, 0.717) is 0 Å². The van der Waals surface area contributed by atoms with Gasteiger partial charge in [-0.15, -0.1) is 0 Å². The first-order valence-electron chi connectivity index (χ1n) is 7.97. The summed E-state index contributed by atoms with van der Waals surface area (Å²) in [6.45, 7) is 11.0. The van der Waals surface area contributed by atoms with Gasteiger partial charge < -0.3 is 10.2 Å². The lowest BCUT2D eigenvalue weighted by atomic mass is 10.1. The topological polar surface area (TPSA) is 15.3 Å². The van der Waals surface area contributed by atoms with Gasteiger partial charge >= 0.3 is 0 Å². The number of unbranched alkanes of at least 4 members (excludes halogenated alkanes) is 2. The molecule has 0 fully saturated rings. The van der Waals surface area contributed by atoms with Crippen LogP contribution >= 0.6 is 15.9 Å². The van der Waals surface area contributed by atoms with Gasteiger partial charge in [0.05, 0.1) is 0 Å². The van der Waals surface area contributed by atoms with Gasteiger partial charge in [0.15, 0.2) is 0 Å². The molecule has 0 aliphatic heterocycles. The molecule has 114 valence electrons. The Morgan fingerprint density at radius 1 is 1.05 bits per heavy atom. The largest absolute Gasteiger partial charge is 0.371 e. The van der Waals surface area contributed by atoms with Crippen molar-refractivity contribution in [1.82, 2.24) is 5.32 Å². The van der Waals surface area contributed by atoms with Crippen molar-refractivity contribution in [2.45, 2.75) is 53.0 Å². The Balaban J connectivity index is 2.92. The number of nitrogens with one attached hydrogen (secondary N) is 1. The zero-order valence-electron chi connectivity index (χ0n) is 13.2. The van der Waals surface area contributed by atoms with E-state index in [9.17, 15) is 0 Å². The van der Waals surface area contributed by atoms with Crippen LogP contribution in [0.2, 0.25) is 0 Å². The predicted molar refractivity (Wildman–Crippen MR) is 93.6 cm³/mol. The van der Waals surface area contributed by atoms with Crippen LogP contribution in [0, 0.1) is 0 Å². The maximum absolute atomic E-state index is 3.62. The summed E-state index contributed by atoms with van der Waals surface area (Å²) in [4.78, 5) is 2.56. The highest BCUT2D eigenvalue weighted by atomic mass is 79.9. The molecule has 0 saturated heterocycles. The van der Waals surface area contributed by atoms with Gasteiger partial charge in [0.1, 0.15) is 0 Å². The molecule has 0 aromatic heterocycles. The molecule has 0 amide bonds. The normalized spacial score (nSPS) is 10.8. The van der Waals surface area contributed by atoms with Crippen LogP contribution < -0.4 is 10.2 Å². The molecular weight excluding hydrogens is 312 g/mol. The molecule has 0 heterocycles. The number of nitrogens with zero attached hydrogens (tertiary/aromatic N) is 1. The highest BCUT2D eigenvalue weighted by Crippen LogP contribution is 2.26. The first-order valence-corrected chi connectivity index (χ1v) is 8.76. The fraction of sp³-hybridized carbons (Fsp3) is 0.647. The average molecular weight is 341 g/mol. The molecule has 3 heteroatoms. The SMILES string of the molecule is CCCCN(CCCC)c1cc(Br)ccc1CNCC.